The minimum absolute atomic E-state index is 0.134. The van der Waals surface area contributed by atoms with Crippen LogP contribution in [0.4, 0.5) is 5.69 Å². The normalized spacial score (nSPS) is 17.8. The van der Waals surface area contributed by atoms with Gasteiger partial charge in [0.2, 0.25) is 0 Å². The number of carbonyl (C=O) groups is 2. The van der Waals surface area contributed by atoms with Crippen molar-refractivity contribution in [2.24, 2.45) is 5.10 Å². The molecule has 3 N–H and O–H groups in total. The van der Waals surface area contributed by atoms with Crippen molar-refractivity contribution in [2.45, 2.75) is 12.5 Å². The van der Waals surface area contributed by atoms with E-state index in [1.165, 1.54) is 4.90 Å². The van der Waals surface area contributed by atoms with Crippen molar-refractivity contribution in [1.82, 2.24) is 20.1 Å². The Hall–Kier alpha value is -3.94. The molecular formula is C22H20N6O2. The van der Waals surface area contributed by atoms with Crippen LogP contribution in [0.5, 0.6) is 0 Å². The molecule has 0 bridgehead atoms. The molecule has 8 heteroatoms. The molecule has 2 amide bonds. The van der Waals surface area contributed by atoms with E-state index in [2.05, 4.69) is 27.9 Å². The van der Waals surface area contributed by atoms with Gasteiger partial charge in [-0.3, -0.25) is 24.6 Å². The number of amides is 2. The van der Waals surface area contributed by atoms with Gasteiger partial charge in [-0.1, -0.05) is 18.7 Å². The maximum atomic E-state index is 12.8. The van der Waals surface area contributed by atoms with E-state index in [1.807, 2.05) is 36.5 Å². The van der Waals surface area contributed by atoms with Gasteiger partial charge in [0, 0.05) is 30.9 Å². The lowest BCUT2D eigenvalue weighted by Crippen LogP contribution is -2.29. The summed E-state index contributed by atoms with van der Waals surface area (Å²) in [6.07, 6.45) is 3.06. The van der Waals surface area contributed by atoms with Crippen LogP contribution in [0.2, 0.25) is 0 Å². The van der Waals surface area contributed by atoms with Gasteiger partial charge in [0.15, 0.2) is 0 Å². The molecule has 2 aromatic carbocycles. The second-order valence-electron chi connectivity index (χ2n) is 7.57. The molecule has 30 heavy (non-hydrogen) atoms. The van der Waals surface area contributed by atoms with Crippen LogP contribution in [-0.4, -0.2) is 51.7 Å². The van der Waals surface area contributed by atoms with Crippen LogP contribution in [0.15, 0.2) is 48.1 Å². The lowest BCUT2D eigenvalue weighted by molar-refractivity contribution is -0.123. The fourth-order valence-electron chi connectivity index (χ4n) is 4.23. The number of aromatic amines is 1. The summed E-state index contributed by atoms with van der Waals surface area (Å²) >= 11 is 0. The Labute approximate surface area is 172 Å². The second-order valence-corrected chi connectivity index (χ2v) is 7.57. The molecule has 3 aromatic rings. The molecule has 0 fully saturated rings. The monoisotopic (exact) mass is 400 g/mol. The number of likely N-dealkylation sites (N-methyl/N-ethyl adjacent to an activating group) is 1. The van der Waals surface area contributed by atoms with Crippen LogP contribution in [-0.2, 0) is 11.3 Å². The van der Waals surface area contributed by atoms with E-state index in [1.54, 1.807) is 6.07 Å². The van der Waals surface area contributed by atoms with E-state index in [4.69, 9.17) is 5.73 Å². The molecule has 2 aliphatic heterocycles. The largest absolute Gasteiger partial charge is 0.398 e. The summed E-state index contributed by atoms with van der Waals surface area (Å²) in [6, 6.07) is 9.60. The molecule has 1 aromatic heterocycles. The highest BCUT2D eigenvalue weighted by Gasteiger charge is 2.34. The first kappa shape index (κ1) is 18.1. The zero-order chi connectivity index (χ0) is 21.0. The Morgan fingerprint density at radius 3 is 2.90 bits per heavy atom. The highest BCUT2D eigenvalue weighted by molar-refractivity contribution is 6.14. The first-order valence-corrected chi connectivity index (χ1v) is 9.61. The number of nitrogens with zero attached hydrogens (tertiary/aromatic N) is 4. The molecule has 3 heterocycles. The van der Waals surface area contributed by atoms with E-state index >= 15 is 0 Å². The predicted octanol–water partition coefficient (Wildman–Crippen LogP) is 2.50. The summed E-state index contributed by atoms with van der Waals surface area (Å²) in [7, 11) is 1.94. The maximum absolute atomic E-state index is 12.8. The minimum atomic E-state index is -0.432. The van der Waals surface area contributed by atoms with Gasteiger partial charge >= 0.3 is 0 Å². The van der Waals surface area contributed by atoms with Crippen molar-refractivity contribution < 1.29 is 9.59 Å². The Kier molecular flexibility index (Phi) is 3.95. The number of nitrogen functional groups attached to an aromatic ring is 1. The van der Waals surface area contributed by atoms with Crippen LogP contribution in [0, 0.1) is 0 Å². The molecule has 0 radical (unpaired) electrons. The van der Waals surface area contributed by atoms with Crippen molar-refractivity contribution in [2.75, 3.05) is 19.3 Å². The minimum Gasteiger partial charge on any atom is -0.398 e. The van der Waals surface area contributed by atoms with Crippen molar-refractivity contribution in [1.29, 1.82) is 0 Å². The number of carbonyl (C=O) groups excluding carboxylic acids is 2. The van der Waals surface area contributed by atoms with Gasteiger partial charge in [-0.05, 0) is 41.0 Å². The van der Waals surface area contributed by atoms with Gasteiger partial charge < -0.3 is 5.73 Å². The Morgan fingerprint density at radius 1 is 1.33 bits per heavy atom. The van der Waals surface area contributed by atoms with Gasteiger partial charge in [-0.15, -0.1) is 0 Å². The average Bonchev–Trinajstić information content (AvgIpc) is 3.44. The number of rotatable bonds is 3. The number of fused-ring (bicyclic) bond motifs is 2. The van der Waals surface area contributed by atoms with Crippen LogP contribution in [0.3, 0.4) is 0 Å². The van der Waals surface area contributed by atoms with Gasteiger partial charge in [0.1, 0.15) is 0 Å². The molecule has 0 saturated carbocycles. The van der Waals surface area contributed by atoms with Crippen LogP contribution >= 0.6 is 0 Å². The molecular weight excluding hydrogens is 380 g/mol. The molecule has 0 spiro atoms. The van der Waals surface area contributed by atoms with Crippen molar-refractivity contribution in [3.05, 3.63) is 59.8 Å². The highest BCUT2D eigenvalue weighted by atomic mass is 16.2. The zero-order valence-corrected chi connectivity index (χ0v) is 16.4. The quantitative estimate of drug-likeness (QED) is 0.519. The predicted molar refractivity (Wildman–Crippen MR) is 115 cm³/mol. The van der Waals surface area contributed by atoms with Gasteiger partial charge in [-0.25, -0.2) is 0 Å². The van der Waals surface area contributed by atoms with Gasteiger partial charge in [-0.2, -0.15) is 10.2 Å². The first-order chi connectivity index (χ1) is 14.5. The fraction of sp³-hybridized carbons (Fsp3) is 0.182. The van der Waals surface area contributed by atoms with Crippen molar-refractivity contribution in [3.63, 3.8) is 0 Å². The number of nitrogens with one attached hydrogen (secondary N) is 1. The molecule has 1 unspecified atom stereocenters. The number of benzene rings is 2. The maximum Gasteiger partial charge on any atom is 0.263 e. The Balaban J connectivity index is 1.62. The summed E-state index contributed by atoms with van der Waals surface area (Å²) in [4.78, 5) is 26.1. The lowest BCUT2D eigenvalue weighted by Gasteiger charge is -2.12. The van der Waals surface area contributed by atoms with Crippen LogP contribution < -0.4 is 5.73 Å². The van der Waals surface area contributed by atoms with E-state index in [9.17, 15) is 9.59 Å². The SMILES string of the molecule is C=CC(=O)N1Cc2c(-c3ccc4n[nH]c(C5C=NN(C)C5)c4c3)ccc(N)c2C1=O. The van der Waals surface area contributed by atoms with E-state index < -0.39 is 5.91 Å². The van der Waals surface area contributed by atoms with E-state index in [0.29, 0.717) is 11.3 Å². The highest BCUT2D eigenvalue weighted by Crippen LogP contribution is 2.38. The number of hydrogen-bond donors (Lipinski definition) is 2. The van der Waals surface area contributed by atoms with Gasteiger partial charge in [0.05, 0.1) is 29.2 Å². The standard InChI is InChI=1S/C22H20N6O2/c1-3-19(29)28-11-16-14(5-6-17(23)20(16)22(28)30)12-4-7-18-15(8-12)21(26-25-18)13-9-24-27(2)10-13/h3-9,13H,1,10-11,23H2,2H3,(H,25,26). The lowest BCUT2D eigenvalue weighted by atomic mass is 9.94. The van der Waals surface area contributed by atoms with Crippen LogP contribution in [0.25, 0.3) is 22.0 Å². The molecule has 5 rings (SSSR count). The number of anilines is 1. The number of hydrazone groups is 1. The average molecular weight is 400 g/mol. The molecule has 8 nitrogen and oxygen atoms in total. The second kappa shape index (κ2) is 6.55. The molecule has 1 atom stereocenters. The third-order valence-corrected chi connectivity index (χ3v) is 5.73. The number of nitrogens with two attached hydrogens (primary N) is 1. The fourth-order valence-corrected chi connectivity index (χ4v) is 4.23. The van der Waals surface area contributed by atoms with E-state index in [0.717, 1.165) is 45.9 Å². The molecule has 0 aliphatic carbocycles. The summed E-state index contributed by atoms with van der Waals surface area (Å²) in [6.45, 7) is 4.45. The zero-order valence-electron chi connectivity index (χ0n) is 16.4. The molecule has 0 saturated heterocycles. The van der Waals surface area contributed by atoms with Crippen molar-refractivity contribution in [3.8, 4) is 11.1 Å². The number of H-pyrrole nitrogens is 1. The number of imide groups is 1. The Bertz CT molecular complexity index is 1260. The summed E-state index contributed by atoms with van der Waals surface area (Å²) in [5.74, 6) is -0.682. The van der Waals surface area contributed by atoms with Crippen molar-refractivity contribution >= 4 is 34.6 Å². The first-order valence-electron chi connectivity index (χ1n) is 9.61. The smallest absolute Gasteiger partial charge is 0.263 e. The van der Waals surface area contributed by atoms with E-state index in [-0.39, 0.29) is 18.4 Å². The van der Waals surface area contributed by atoms with Gasteiger partial charge in [0.25, 0.3) is 11.8 Å². The third-order valence-electron chi connectivity index (χ3n) is 5.73. The third kappa shape index (κ3) is 2.61. The summed E-state index contributed by atoms with van der Waals surface area (Å²) < 4.78 is 0. The topological polar surface area (TPSA) is 108 Å². The number of aromatic nitrogens is 2. The molecule has 2 aliphatic rings. The molecule has 150 valence electrons. The Morgan fingerprint density at radius 2 is 2.17 bits per heavy atom. The summed E-state index contributed by atoms with van der Waals surface area (Å²) in [5, 5.41) is 14.8. The summed E-state index contributed by atoms with van der Waals surface area (Å²) in [5.41, 5.74) is 11.3. The number of hydrogen-bond acceptors (Lipinski definition) is 6. The van der Waals surface area contributed by atoms with Crippen LogP contribution in [0.1, 0.15) is 27.5 Å².